The van der Waals surface area contributed by atoms with E-state index in [1.165, 1.54) is 11.8 Å². The van der Waals surface area contributed by atoms with Gasteiger partial charge < -0.3 is 20.3 Å². The molecule has 8 heteroatoms. The lowest BCUT2D eigenvalue weighted by atomic mass is 10.1. The summed E-state index contributed by atoms with van der Waals surface area (Å²) in [6, 6.07) is 14.9. The fourth-order valence-corrected chi connectivity index (χ4v) is 4.35. The van der Waals surface area contributed by atoms with Gasteiger partial charge in [0, 0.05) is 30.9 Å². The van der Waals surface area contributed by atoms with Crippen molar-refractivity contribution in [3.8, 4) is 0 Å². The molecule has 3 rings (SSSR count). The Bertz CT molecular complexity index is 970. The highest BCUT2D eigenvalue weighted by Crippen LogP contribution is 2.15. The second-order valence-electron chi connectivity index (χ2n) is 8.35. The predicted molar refractivity (Wildman–Crippen MR) is 131 cm³/mol. The summed E-state index contributed by atoms with van der Waals surface area (Å²) in [6.07, 6.45) is 0.0531. The largest absolute Gasteiger partial charge is 0.372 e. The third-order valence-electron chi connectivity index (χ3n) is 5.17. The van der Waals surface area contributed by atoms with Gasteiger partial charge in [0.25, 0.3) is 5.91 Å². The highest BCUT2D eigenvalue weighted by atomic mass is 32.2. The molecule has 0 bridgehead atoms. The lowest BCUT2D eigenvalue weighted by Crippen LogP contribution is -2.48. The fourth-order valence-electron chi connectivity index (χ4n) is 3.70. The van der Waals surface area contributed by atoms with Crippen molar-refractivity contribution in [3.05, 3.63) is 65.2 Å². The van der Waals surface area contributed by atoms with E-state index in [0.717, 1.165) is 16.8 Å². The first-order valence-corrected chi connectivity index (χ1v) is 12.2. The fraction of sp³-hybridized carbons (Fsp3) is 0.400. The summed E-state index contributed by atoms with van der Waals surface area (Å²) in [5.41, 5.74) is 3.36. The lowest BCUT2D eigenvalue weighted by Gasteiger charge is -2.35. The van der Waals surface area contributed by atoms with Gasteiger partial charge in [0.05, 0.1) is 23.7 Å². The van der Waals surface area contributed by atoms with E-state index < -0.39 is 0 Å². The average Bonchev–Trinajstić information content (AvgIpc) is 2.77. The third-order valence-corrected chi connectivity index (χ3v) is 6.10. The number of morpholine rings is 1. The predicted octanol–water partition coefficient (Wildman–Crippen LogP) is 3.23. The van der Waals surface area contributed by atoms with Crippen LogP contribution in [0.5, 0.6) is 0 Å². The number of thioether (sulfide) groups is 1. The van der Waals surface area contributed by atoms with E-state index in [0.29, 0.717) is 25.2 Å². The zero-order valence-corrected chi connectivity index (χ0v) is 20.1. The highest BCUT2D eigenvalue weighted by Gasteiger charge is 2.26. The molecule has 1 aliphatic rings. The minimum Gasteiger partial charge on any atom is -0.372 e. The molecule has 0 radical (unpaired) electrons. The van der Waals surface area contributed by atoms with E-state index in [2.05, 4.69) is 10.6 Å². The number of benzene rings is 2. The van der Waals surface area contributed by atoms with Crippen LogP contribution in [0.4, 0.5) is 5.69 Å². The minimum absolute atomic E-state index is 0.00655. The summed E-state index contributed by atoms with van der Waals surface area (Å²) in [5, 5.41) is 5.68. The molecule has 176 valence electrons. The van der Waals surface area contributed by atoms with Crippen molar-refractivity contribution in [1.29, 1.82) is 0 Å². The summed E-state index contributed by atoms with van der Waals surface area (Å²) >= 11 is 1.27. The van der Waals surface area contributed by atoms with Crippen molar-refractivity contribution in [2.75, 3.05) is 29.9 Å². The van der Waals surface area contributed by atoms with E-state index in [1.54, 1.807) is 12.1 Å². The van der Waals surface area contributed by atoms with E-state index in [1.807, 2.05) is 62.1 Å². The molecule has 2 aromatic carbocycles. The van der Waals surface area contributed by atoms with Crippen LogP contribution in [-0.2, 0) is 20.9 Å². The van der Waals surface area contributed by atoms with Gasteiger partial charge >= 0.3 is 0 Å². The molecule has 7 nitrogen and oxygen atoms in total. The second-order valence-corrected chi connectivity index (χ2v) is 9.34. The molecular weight excluding hydrogens is 438 g/mol. The Hall–Kier alpha value is -2.84. The number of anilines is 1. The van der Waals surface area contributed by atoms with E-state index in [-0.39, 0.29) is 41.4 Å². The Labute approximate surface area is 199 Å². The van der Waals surface area contributed by atoms with Gasteiger partial charge in [-0.15, -0.1) is 11.8 Å². The Morgan fingerprint density at radius 2 is 1.67 bits per heavy atom. The van der Waals surface area contributed by atoms with Crippen molar-refractivity contribution in [3.63, 3.8) is 0 Å². The zero-order chi connectivity index (χ0) is 23.8. The lowest BCUT2D eigenvalue weighted by molar-refractivity contribution is -0.118. The summed E-state index contributed by atoms with van der Waals surface area (Å²) < 4.78 is 5.69. The first kappa shape index (κ1) is 24.8. The van der Waals surface area contributed by atoms with Gasteiger partial charge in [-0.25, -0.2) is 0 Å². The van der Waals surface area contributed by atoms with E-state index in [9.17, 15) is 14.4 Å². The van der Waals surface area contributed by atoms with Gasteiger partial charge in [-0.1, -0.05) is 24.3 Å². The van der Waals surface area contributed by atoms with Crippen molar-refractivity contribution in [2.45, 2.75) is 39.5 Å². The molecule has 2 atom stereocenters. The van der Waals surface area contributed by atoms with Crippen LogP contribution in [0.25, 0.3) is 0 Å². The van der Waals surface area contributed by atoms with E-state index >= 15 is 0 Å². The monoisotopic (exact) mass is 469 g/mol. The number of hydrogen-bond donors (Lipinski definition) is 2. The average molecular weight is 470 g/mol. The molecule has 2 unspecified atom stereocenters. The number of nitrogens with zero attached hydrogens (tertiary/aromatic N) is 1. The van der Waals surface area contributed by atoms with Gasteiger partial charge in [-0.05, 0) is 56.2 Å². The quantitative estimate of drug-likeness (QED) is 0.620. The number of aryl methyl sites for hydroxylation is 1. The standard InChI is InChI=1S/C25H31N3O4S/c1-17-5-4-6-22(11-17)27-24(30)16-33-15-23(29)26-12-20-7-9-21(10-8-20)25(31)28-13-18(2)32-19(3)14-28/h4-11,18-19H,12-16H2,1-3H3,(H,26,29)(H,27,30). The first-order chi connectivity index (χ1) is 15.8. The number of carbonyl (C=O) groups excluding carboxylic acids is 3. The van der Waals surface area contributed by atoms with Crippen molar-refractivity contribution >= 4 is 35.2 Å². The number of hydrogen-bond acceptors (Lipinski definition) is 5. The van der Waals surface area contributed by atoms with Crippen molar-refractivity contribution < 1.29 is 19.1 Å². The third kappa shape index (κ3) is 7.91. The summed E-state index contributed by atoms with van der Waals surface area (Å²) in [5.74, 6) is 0.123. The smallest absolute Gasteiger partial charge is 0.254 e. The topological polar surface area (TPSA) is 87.7 Å². The normalized spacial score (nSPS) is 18.0. The van der Waals surface area contributed by atoms with Crippen LogP contribution in [0.2, 0.25) is 0 Å². The maximum Gasteiger partial charge on any atom is 0.254 e. The maximum absolute atomic E-state index is 12.7. The van der Waals surface area contributed by atoms with Crippen LogP contribution in [-0.4, -0.2) is 59.4 Å². The molecular formula is C25H31N3O4S. The number of rotatable bonds is 8. The van der Waals surface area contributed by atoms with Gasteiger partial charge in [0.1, 0.15) is 0 Å². The SMILES string of the molecule is Cc1cccc(NC(=O)CSCC(=O)NCc2ccc(C(=O)N3CC(C)OC(C)C3)cc2)c1. The number of carbonyl (C=O) groups is 3. The molecule has 33 heavy (non-hydrogen) atoms. The molecule has 2 aromatic rings. The molecule has 1 saturated heterocycles. The van der Waals surface area contributed by atoms with E-state index in [4.69, 9.17) is 4.74 Å². The maximum atomic E-state index is 12.7. The Balaban J connectivity index is 1.37. The van der Waals surface area contributed by atoms with Crippen LogP contribution in [0.15, 0.2) is 48.5 Å². The second kappa shape index (κ2) is 11.9. The molecule has 3 amide bonds. The van der Waals surface area contributed by atoms with Crippen molar-refractivity contribution in [1.82, 2.24) is 10.2 Å². The summed E-state index contributed by atoms with van der Waals surface area (Å²) in [4.78, 5) is 38.7. The van der Waals surface area contributed by atoms with Crippen LogP contribution < -0.4 is 10.6 Å². The molecule has 1 heterocycles. The zero-order valence-electron chi connectivity index (χ0n) is 19.3. The Morgan fingerprint density at radius 1 is 1.00 bits per heavy atom. The Morgan fingerprint density at radius 3 is 2.33 bits per heavy atom. The molecule has 1 fully saturated rings. The first-order valence-electron chi connectivity index (χ1n) is 11.0. The van der Waals surface area contributed by atoms with Crippen molar-refractivity contribution in [2.24, 2.45) is 0 Å². The van der Waals surface area contributed by atoms with Gasteiger partial charge in [-0.3, -0.25) is 14.4 Å². The van der Waals surface area contributed by atoms with Crippen LogP contribution in [0, 0.1) is 6.92 Å². The molecule has 0 saturated carbocycles. The number of nitrogens with one attached hydrogen (secondary N) is 2. The molecule has 0 spiro atoms. The molecule has 0 aromatic heterocycles. The van der Waals surface area contributed by atoms with Gasteiger partial charge in [0.2, 0.25) is 11.8 Å². The molecule has 0 aliphatic carbocycles. The Kier molecular flexibility index (Phi) is 8.91. The highest BCUT2D eigenvalue weighted by molar-refractivity contribution is 8.00. The summed E-state index contributed by atoms with van der Waals surface area (Å²) in [6.45, 7) is 7.44. The van der Waals surface area contributed by atoms with Crippen LogP contribution >= 0.6 is 11.8 Å². The number of ether oxygens (including phenoxy) is 1. The van der Waals surface area contributed by atoms with Gasteiger partial charge in [0.15, 0.2) is 0 Å². The summed E-state index contributed by atoms with van der Waals surface area (Å²) in [7, 11) is 0. The number of amides is 3. The molecule has 1 aliphatic heterocycles. The van der Waals surface area contributed by atoms with Crippen LogP contribution in [0.1, 0.15) is 35.3 Å². The minimum atomic E-state index is -0.139. The molecule has 2 N–H and O–H groups in total. The van der Waals surface area contributed by atoms with Gasteiger partial charge in [-0.2, -0.15) is 0 Å². The van der Waals surface area contributed by atoms with Crippen LogP contribution in [0.3, 0.4) is 0 Å².